The Labute approximate surface area is 147 Å². The molecule has 1 aromatic rings. The molecule has 138 valence electrons. The SMILES string of the molecule is O=C1C(N2CCOC(c3ccc(F)c(Cl)c3)C2)CCN1CC(F)(F)F. The van der Waals surface area contributed by atoms with Crippen molar-refractivity contribution < 1.29 is 27.1 Å². The van der Waals surface area contributed by atoms with Gasteiger partial charge in [0, 0.05) is 19.6 Å². The van der Waals surface area contributed by atoms with Gasteiger partial charge in [-0.3, -0.25) is 9.69 Å². The second-order valence-corrected chi connectivity index (χ2v) is 6.61. The number of carbonyl (C=O) groups excluding carboxylic acids is 1. The molecule has 2 unspecified atom stereocenters. The normalized spacial score (nSPS) is 25.6. The van der Waals surface area contributed by atoms with E-state index < -0.39 is 36.6 Å². The highest BCUT2D eigenvalue weighted by atomic mass is 35.5. The maximum Gasteiger partial charge on any atom is 0.406 e. The van der Waals surface area contributed by atoms with Crippen molar-refractivity contribution in [3.05, 3.63) is 34.6 Å². The van der Waals surface area contributed by atoms with E-state index in [-0.39, 0.29) is 11.6 Å². The van der Waals surface area contributed by atoms with Crippen LogP contribution < -0.4 is 0 Å². The summed E-state index contributed by atoms with van der Waals surface area (Å²) in [7, 11) is 0. The van der Waals surface area contributed by atoms with E-state index in [0.29, 0.717) is 31.7 Å². The number of likely N-dealkylation sites (tertiary alicyclic amines) is 1. The molecule has 0 saturated carbocycles. The van der Waals surface area contributed by atoms with Gasteiger partial charge in [0.25, 0.3) is 0 Å². The summed E-state index contributed by atoms with van der Waals surface area (Å²) in [6.07, 6.45) is -4.45. The third kappa shape index (κ3) is 4.24. The van der Waals surface area contributed by atoms with Crippen molar-refractivity contribution in [1.29, 1.82) is 0 Å². The minimum atomic E-state index is -4.40. The molecule has 3 rings (SSSR count). The maximum atomic E-state index is 13.3. The van der Waals surface area contributed by atoms with E-state index in [0.717, 1.165) is 4.90 Å². The molecule has 2 aliphatic heterocycles. The van der Waals surface area contributed by atoms with Crippen molar-refractivity contribution in [1.82, 2.24) is 9.80 Å². The smallest absolute Gasteiger partial charge is 0.371 e. The zero-order valence-corrected chi connectivity index (χ0v) is 14.0. The molecule has 0 radical (unpaired) electrons. The summed E-state index contributed by atoms with van der Waals surface area (Å²) in [5.41, 5.74) is 0.675. The van der Waals surface area contributed by atoms with Crippen molar-refractivity contribution in [3.63, 3.8) is 0 Å². The average molecular weight is 381 g/mol. The Kier molecular flexibility index (Phi) is 5.22. The standard InChI is InChI=1S/C16H17ClF4N2O2/c17-11-7-10(1-2-12(11)18)14-8-22(5-6-25-14)13-3-4-23(15(13)24)9-16(19,20)21/h1-2,7,13-14H,3-6,8-9H2. The summed E-state index contributed by atoms with van der Waals surface area (Å²) in [4.78, 5) is 15.0. The number of alkyl halides is 3. The van der Waals surface area contributed by atoms with Gasteiger partial charge in [-0.2, -0.15) is 13.2 Å². The lowest BCUT2D eigenvalue weighted by atomic mass is 10.1. The highest BCUT2D eigenvalue weighted by Crippen LogP contribution is 2.30. The van der Waals surface area contributed by atoms with Crippen LogP contribution in [0.1, 0.15) is 18.1 Å². The van der Waals surface area contributed by atoms with Crippen molar-refractivity contribution >= 4 is 17.5 Å². The van der Waals surface area contributed by atoms with Crippen LogP contribution >= 0.6 is 11.6 Å². The van der Waals surface area contributed by atoms with E-state index in [9.17, 15) is 22.4 Å². The second kappa shape index (κ2) is 7.09. The molecule has 25 heavy (non-hydrogen) atoms. The third-order valence-corrected chi connectivity index (χ3v) is 4.78. The van der Waals surface area contributed by atoms with Crippen LogP contribution in [0.4, 0.5) is 17.6 Å². The quantitative estimate of drug-likeness (QED) is 0.756. The molecule has 0 N–H and O–H groups in total. The van der Waals surface area contributed by atoms with Crippen LogP contribution in [0.2, 0.25) is 5.02 Å². The van der Waals surface area contributed by atoms with E-state index in [4.69, 9.17) is 16.3 Å². The van der Waals surface area contributed by atoms with Crippen molar-refractivity contribution in [2.45, 2.75) is 24.7 Å². The van der Waals surface area contributed by atoms with Gasteiger partial charge in [0.2, 0.25) is 5.91 Å². The first kappa shape index (κ1) is 18.4. The summed E-state index contributed by atoms with van der Waals surface area (Å²) in [6, 6.07) is 3.69. The van der Waals surface area contributed by atoms with Crippen LogP contribution in [-0.4, -0.2) is 60.7 Å². The fraction of sp³-hybridized carbons (Fsp3) is 0.562. The summed E-state index contributed by atoms with van der Waals surface area (Å²) >= 11 is 5.79. The van der Waals surface area contributed by atoms with E-state index in [1.54, 1.807) is 6.07 Å². The average Bonchev–Trinajstić information content (AvgIpc) is 2.89. The number of ether oxygens (including phenoxy) is 1. The predicted octanol–water partition coefficient (Wildman–Crippen LogP) is 3.02. The number of morpholine rings is 1. The Morgan fingerprint density at radius 2 is 2.04 bits per heavy atom. The Balaban J connectivity index is 1.67. The first-order valence-corrected chi connectivity index (χ1v) is 8.28. The molecule has 0 bridgehead atoms. The topological polar surface area (TPSA) is 32.8 Å². The number of hydrogen-bond donors (Lipinski definition) is 0. The molecular formula is C16H17ClF4N2O2. The summed E-state index contributed by atoms with van der Waals surface area (Å²) in [5, 5.41) is -0.0217. The molecule has 0 aliphatic carbocycles. The maximum absolute atomic E-state index is 13.3. The number of rotatable bonds is 3. The van der Waals surface area contributed by atoms with Crippen LogP contribution in [0.25, 0.3) is 0 Å². The lowest BCUT2D eigenvalue weighted by Gasteiger charge is -2.36. The Morgan fingerprint density at radius 1 is 1.28 bits per heavy atom. The number of hydrogen-bond acceptors (Lipinski definition) is 3. The molecule has 0 spiro atoms. The van der Waals surface area contributed by atoms with Crippen LogP contribution in [0.15, 0.2) is 18.2 Å². The van der Waals surface area contributed by atoms with E-state index in [1.807, 2.05) is 4.90 Å². The van der Waals surface area contributed by atoms with Gasteiger partial charge in [0.05, 0.1) is 23.8 Å². The van der Waals surface area contributed by atoms with Crippen molar-refractivity contribution in [2.24, 2.45) is 0 Å². The molecule has 2 aliphatic rings. The highest BCUT2D eigenvalue weighted by molar-refractivity contribution is 6.30. The Morgan fingerprint density at radius 3 is 2.72 bits per heavy atom. The van der Waals surface area contributed by atoms with Gasteiger partial charge >= 0.3 is 6.18 Å². The van der Waals surface area contributed by atoms with E-state index >= 15 is 0 Å². The number of amides is 1. The lowest BCUT2D eigenvalue weighted by molar-refractivity contribution is -0.160. The van der Waals surface area contributed by atoms with Gasteiger partial charge in [-0.1, -0.05) is 17.7 Å². The zero-order valence-electron chi connectivity index (χ0n) is 13.2. The number of carbonyl (C=O) groups is 1. The van der Waals surface area contributed by atoms with E-state index in [1.165, 1.54) is 12.1 Å². The molecule has 1 aromatic carbocycles. The largest absolute Gasteiger partial charge is 0.406 e. The molecule has 9 heteroatoms. The van der Waals surface area contributed by atoms with Crippen LogP contribution in [0, 0.1) is 5.82 Å². The molecule has 1 amide bonds. The van der Waals surface area contributed by atoms with Crippen molar-refractivity contribution in [2.75, 3.05) is 32.8 Å². The molecule has 0 aromatic heterocycles. The van der Waals surface area contributed by atoms with Crippen LogP contribution in [0.5, 0.6) is 0 Å². The molecule has 2 atom stereocenters. The van der Waals surface area contributed by atoms with Gasteiger partial charge in [-0.05, 0) is 24.1 Å². The first-order chi connectivity index (χ1) is 11.7. The lowest BCUT2D eigenvalue weighted by Crippen LogP contribution is -2.49. The van der Waals surface area contributed by atoms with Gasteiger partial charge < -0.3 is 9.64 Å². The molecule has 2 fully saturated rings. The summed E-state index contributed by atoms with van der Waals surface area (Å²) in [6.45, 7) is 0.0136. The van der Waals surface area contributed by atoms with E-state index in [2.05, 4.69) is 0 Å². The Bertz CT molecular complexity index is 656. The zero-order chi connectivity index (χ0) is 18.2. The fourth-order valence-electron chi connectivity index (χ4n) is 3.30. The van der Waals surface area contributed by atoms with Crippen LogP contribution in [0.3, 0.4) is 0 Å². The van der Waals surface area contributed by atoms with Crippen molar-refractivity contribution in [3.8, 4) is 0 Å². The summed E-state index contributed by atoms with van der Waals surface area (Å²) in [5.74, 6) is -1.04. The predicted molar refractivity (Wildman–Crippen MR) is 82.7 cm³/mol. The highest BCUT2D eigenvalue weighted by Gasteiger charge is 2.42. The molecule has 4 nitrogen and oxygen atoms in total. The first-order valence-electron chi connectivity index (χ1n) is 7.91. The fourth-order valence-corrected chi connectivity index (χ4v) is 3.49. The monoisotopic (exact) mass is 380 g/mol. The number of benzene rings is 1. The minimum absolute atomic E-state index is 0.0217. The number of halogens is 5. The van der Waals surface area contributed by atoms with Gasteiger partial charge in [-0.15, -0.1) is 0 Å². The van der Waals surface area contributed by atoms with Gasteiger partial charge in [-0.25, -0.2) is 4.39 Å². The Hall–Kier alpha value is -1.38. The molecule has 2 heterocycles. The van der Waals surface area contributed by atoms with Gasteiger partial charge in [0.15, 0.2) is 0 Å². The summed E-state index contributed by atoms with van der Waals surface area (Å²) < 4.78 is 56.6. The minimum Gasteiger partial charge on any atom is -0.371 e. The third-order valence-electron chi connectivity index (χ3n) is 4.49. The molecular weight excluding hydrogens is 364 g/mol. The van der Waals surface area contributed by atoms with Gasteiger partial charge in [0.1, 0.15) is 12.4 Å². The molecule has 2 saturated heterocycles. The second-order valence-electron chi connectivity index (χ2n) is 6.21. The van der Waals surface area contributed by atoms with Crippen LogP contribution in [-0.2, 0) is 9.53 Å². The number of nitrogens with zero attached hydrogens (tertiary/aromatic N) is 2.